The second-order valence-electron chi connectivity index (χ2n) is 6.13. The third kappa shape index (κ3) is 2.43. The maximum Gasteiger partial charge on any atom is 0.0779 e. The monoisotopic (exact) mass is 282 g/mol. The van der Waals surface area contributed by atoms with Gasteiger partial charge in [0.15, 0.2) is 0 Å². The Hall–Kier alpha value is -0.540. The first-order chi connectivity index (χ1) is 9.13. The zero-order chi connectivity index (χ0) is 13.5. The van der Waals surface area contributed by atoms with Crippen LogP contribution in [0, 0.1) is 13.8 Å². The fourth-order valence-corrected chi connectivity index (χ4v) is 4.10. The second-order valence-corrected chi connectivity index (χ2v) is 6.40. The van der Waals surface area contributed by atoms with E-state index < -0.39 is 0 Å². The first-order valence-electron chi connectivity index (χ1n) is 7.40. The molecule has 1 aliphatic heterocycles. The van der Waals surface area contributed by atoms with Crippen molar-refractivity contribution in [2.45, 2.75) is 76.5 Å². The zero-order valence-electron chi connectivity index (χ0n) is 11.9. The normalized spacial score (nSPS) is 25.5. The standard InChI is InChI=1S/C15H23ClN2O/c1-11-14(9-16)12(2)18(17-11)10-13-5-8-15(19-13)6-3-4-7-15/h13H,3-10H2,1-2H3. The summed E-state index contributed by atoms with van der Waals surface area (Å²) in [5, 5.41) is 4.61. The molecule has 0 bridgehead atoms. The van der Waals surface area contributed by atoms with Crippen LogP contribution < -0.4 is 0 Å². The molecule has 1 unspecified atom stereocenters. The molecule has 3 rings (SSSR count). The van der Waals surface area contributed by atoms with Gasteiger partial charge in [-0.25, -0.2) is 0 Å². The van der Waals surface area contributed by atoms with E-state index in [4.69, 9.17) is 16.3 Å². The fraction of sp³-hybridized carbons (Fsp3) is 0.800. The Morgan fingerprint density at radius 3 is 2.68 bits per heavy atom. The quantitative estimate of drug-likeness (QED) is 0.790. The molecule has 1 saturated carbocycles. The van der Waals surface area contributed by atoms with Crippen LogP contribution in [-0.2, 0) is 17.2 Å². The minimum atomic E-state index is 0.218. The number of aromatic nitrogens is 2. The van der Waals surface area contributed by atoms with Crippen LogP contribution in [0.1, 0.15) is 55.5 Å². The molecule has 0 N–H and O–H groups in total. The first kappa shape index (κ1) is 13.4. The summed E-state index contributed by atoms with van der Waals surface area (Å²) < 4.78 is 8.45. The third-order valence-corrected chi connectivity index (χ3v) is 5.16. The highest BCUT2D eigenvalue weighted by Crippen LogP contribution is 2.43. The van der Waals surface area contributed by atoms with Crippen LogP contribution in [0.2, 0.25) is 0 Å². The topological polar surface area (TPSA) is 27.1 Å². The van der Waals surface area contributed by atoms with Gasteiger partial charge < -0.3 is 4.74 Å². The van der Waals surface area contributed by atoms with Gasteiger partial charge in [-0.1, -0.05) is 12.8 Å². The Bertz CT molecular complexity index is 463. The van der Waals surface area contributed by atoms with Gasteiger partial charge in [-0.2, -0.15) is 5.10 Å². The van der Waals surface area contributed by atoms with Crippen LogP contribution in [0.5, 0.6) is 0 Å². The molecule has 1 aliphatic carbocycles. The summed E-state index contributed by atoms with van der Waals surface area (Å²) in [7, 11) is 0. The van der Waals surface area contributed by atoms with E-state index in [1.165, 1.54) is 49.8 Å². The number of rotatable bonds is 3. The van der Waals surface area contributed by atoms with Crippen molar-refractivity contribution < 1.29 is 4.74 Å². The van der Waals surface area contributed by atoms with Crippen molar-refractivity contribution in [1.29, 1.82) is 0 Å². The third-order valence-electron chi connectivity index (χ3n) is 4.89. The molecule has 1 aromatic rings. The van der Waals surface area contributed by atoms with Gasteiger partial charge in [0.25, 0.3) is 0 Å². The summed E-state index contributed by atoms with van der Waals surface area (Å²) in [5.74, 6) is 0.549. The van der Waals surface area contributed by atoms with Crippen molar-refractivity contribution in [2.24, 2.45) is 0 Å². The van der Waals surface area contributed by atoms with Crippen molar-refractivity contribution >= 4 is 11.6 Å². The minimum absolute atomic E-state index is 0.218. The van der Waals surface area contributed by atoms with E-state index in [0.717, 1.165) is 12.2 Å². The van der Waals surface area contributed by atoms with Gasteiger partial charge >= 0.3 is 0 Å². The van der Waals surface area contributed by atoms with Gasteiger partial charge in [0, 0.05) is 11.3 Å². The molecule has 0 aromatic carbocycles. The summed E-state index contributed by atoms with van der Waals surface area (Å²) in [6, 6.07) is 0. The van der Waals surface area contributed by atoms with Crippen LogP contribution in [-0.4, -0.2) is 21.5 Å². The number of hydrogen-bond acceptors (Lipinski definition) is 2. The number of aryl methyl sites for hydroxylation is 1. The fourth-order valence-electron chi connectivity index (χ4n) is 3.71. The average Bonchev–Trinajstić information content (AvgIpc) is 3.06. The van der Waals surface area contributed by atoms with Gasteiger partial charge in [-0.05, 0) is 39.5 Å². The lowest BCUT2D eigenvalue weighted by molar-refractivity contribution is -0.0431. The van der Waals surface area contributed by atoms with Gasteiger partial charge in [-0.3, -0.25) is 4.68 Å². The smallest absolute Gasteiger partial charge is 0.0779 e. The molecule has 0 radical (unpaired) electrons. The molecule has 1 atom stereocenters. The number of halogens is 1. The molecule has 1 saturated heterocycles. The molecule has 2 fully saturated rings. The molecule has 0 amide bonds. The van der Waals surface area contributed by atoms with Gasteiger partial charge in [0.2, 0.25) is 0 Å². The predicted molar refractivity (Wildman–Crippen MR) is 76.6 cm³/mol. The number of nitrogens with zero attached hydrogens (tertiary/aromatic N) is 2. The largest absolute Gasteiger partial charge is 0.370 e. The minimum Gasteiger partial charge on any atom is -0.370 e. The molecule has 3 nitrogen and oxygen atoms in total. The van der Waals surface area contributed by atoms with Crippen molar-refractivity contribution in [2.75, 3.05) is 0 Å². The number of ether oxygens (including phenoxy) is 1. The van der Waals surface area contributed by atoms with E-state index in [-0.39, 0.29) is 5.60 Å². The predicted octanol–water partition coefficient (Wildman–Crippen LogP) is 3.73. The highest BCUT2D eigenvalue weighted by Gasteiger charge is 2.42. The summed E-state index contributed by atoms with van der Waals surface area (Å²) in [5.41, 5.74) is 3.65. The average molecular weight is 283 g/mol. The summed E-state index contributed by atoms with van der Waals surface area (Å²) in [6.45, 7) is 5.03. The van der Waals surface area contributed by atoms with Crippen molar-refractivity contribution in [1.82, 2.24) is 9.78 Å². The summed E-state index contributed by atoms with van der Waals surface area (Å²) in [6.07, 6.45) is 7.93. The van der Waals surface area contributed by atoms with Crippen LogP contribution in [0.3, 0.4) is 0 Å². The summed E-state index contributed by atoms with van der Waals surface area (Å²) in [4.78, 5) is 0. The number of hydrogen-bond donors (Lipinski definition) is 0. The molecule has 106 valence electrons. The van der Waals surface area contributed by atoms with Crippen molar-refractivity contribution in [3.05, 3.63) is 17.0 Å². The molecule has 1 aromatic heterocycles. The molecular weight excluding hydrogens is 260 g/mol. The van der Waals surface area contributed by atoms with Gasteiger partial charge in [0.05, 0.1) is 29.8 Å². The van der Waals surface area contributed by atoms with E-state index in [1.807, 2.05) is 6.92 Å². The SMILES string of the molecule is Cc1nn(CC2CCC3(CCCC3)O2)c(C)c1CCl. The van der Waals surface area contributed by atoms with E-state index in [2.05, 4.69) is 16.7 Å². The van der Waals surface area contributed by atoms with E-state index in [0.29, 0.717) is 12.0 Å². The van der Waals surface area contributed by atoms with Crippen molar-refractivity contribution in [3.63, 3.8) is 0 Å². The van der Waals surface area contributed by atoms with Gasteiger partial charge in [0.1, 0.15) is 0 Å². The highest BCUT2D eigenvalue weighted by atomic mass is 35.5. The molecule has 4 heteroatoms. The summed E-state index contributed by atoms with van der Waals surface area (Å²) >= 11 is 5.98. The lowest BCUT2D eigenvalue weighted by Gasteiger charge is -2.24. The Morgan fingerprint density at radius 2 is 2.05 bits per heavy atom. The maximum absolute atomic E-state index is 6.36. The first-order valence-corrected chi connectivity index (χ1v) is 7.94. The maximum atomic E-state index is 6.36. The van der Waals surface area contributed by atoms with E-state index >= 15 is 0 Å². The van der Waals surface area contributed by atoms with E-state index in [9.17, 15) is 0 Å². The molecule has 2 aliphatic rings. The molecule has 1 spiro atoms. The lowest BCUT2D eigenvalue weighted by atomic mass is 9.98. The van der Waals surface area contributed by atoms with Crippen LogP contribution >= 0.6 is 11.6 Å². The Morgan fingerprint density at radius 1 is 1.32 bits per heavy atom. The van der Waals surface area contributed by atoms with Crippen LogP contribution in [0.25, 0.3) is 0 Å². The second kappa shape index (κ2) is 5.10. The zero-order valence-corrected chi connectivity index (χ0v) is 12.7. The Kier molecular flexibility index (Phi) is 3.61. The Labute approximate surface area is 120 Å². The Balaban J connectivity index is 1.69. The van der Waals surface area contributed by atoms with E-state index in [1.54, 1.807) is 0 Å². The number of alkyl halides is 1. The van der Waals surface area contributed by atoms with Gasteiger partial charge in [-0.15, -0.1) is 11.6 Å². The molecule has 2 heterocycles. The lowest BCUT2D eigenvalue weighted by Crippen LogP contribution is -2.27. The molecule has 19 heavy (non-hydrogen) atoms. The van der Waals surface area contributed by atoms with Crippen LogP contribution in [0.4, 0.5) is 0 Å². The van der Waals surface area contributed by atoms with Crippen molar-refractivity contribution in [3.8, 4) is 0 Å². The molecular formula is C15H23ClN2O. The highest BCUT2D eigenvalue weighted by molar-refractivity contribution is 6.17. The van der Waals surface area contributed by atoms with Crippen LogP contribution in [0.15, 0.2) is 0 Å².